The minimum atomic E-state index is -0.983. The van der Waals surface area contributed by atoms with Crippen molar-refractivity contribution in [1.82, 2.24) is 30.8 Å². The van der Waals surface area contributed by atoms with Gasteiger partial charge in [0.2, 0.25) is 17.7 Å². The van der Waals surface area contributed by atoms with Crippen molar-refractivity contribution in [2.45, 2.75) is 62.9 Å². The van der Waals surface area contributed by atoms with E-state index in [0.717, 1.165) is 28.7 Å². The predicted octanol–water partition coefficient (Wildman–Crippen LogP) is 1.10. The van der Waals surface area contributed by atoms with Gasteiger partial charge in [-0.25, -0.2) is 0 Å². The van der Waals surface area contributed by atoms with Crippen molar-refractivity contribution in [1.29, 1.82) is 5.26 Å². The van der Waals surface area contributed by atoms with Crippen molar-refractivity contribution < 1.29 is 14.4 Å². The number of aromatic nitrogens is 4. The fourth-order valence-electron chi connectivity index (χ4n) is 6.35. The number of carbonyl (C=O) groups is 3. The molecule has 3 aromatic rings. The number of aromatic amines is 1. The van der Waals surface area contributed by atoms with Gasteiger partial charge in [0, 0.05) is 23.2 Å². The number of nitrogens with one attached hydrogen (secondary N) is 2. The quantitative estimate of drug-likeness (QED) is 0.317. The monoisotopic (exact) mass is 555 g/mol. The van der Waals surface area contributed by atoms with Crippen LogP contribution >= 0.6 is 0 Å². The smallest absolute Gasteiger partial charge is 0.248 e. The number of primary amides is 2. The molecule has 2 aliphatic rings. The number of H-pyrrole nitrogens is 1. The molecule has 1 aromatic heterocycles. The lowest BCUT2D eigenvalue weighted by Crippen LogP contribution is -2.51. The molecule has 12 heteroatoms. The van der Waals surface area contributed by atoms with Gasteiger partial charge in [-0.1, -0.05) is 17.3 Å². The maximum absolute atomic E-state index is 13.1. The Morgan fingerprint density at radius 3 is 2.22 bits per heavy atom. The van der Waals surface area contributed by atoms with Gasteiger partial charge in [0.05, 0.1) is 18.0 Å². The van der Waals surface area contributed by atoms with E-state index in [-0.39, 0.29) is 12.5 Å². The van der Waals surface area contributed by atoms with E-state index in [1.165, 1.54) is 0 Å². The topological polar surface area (TPSA) is 197 Å². The first-order valence-electron chi connectivity index (χ1n) is 13.6. The molecule has 0 radical (unpaired) electrons. The molecule has 2 heterocycles. The summed E-state index contributed by atoms with van der Waals surface area (Å²) in [6, 6.07) is 12.6. The Morgan fingerprint density at radius 2 is 1.71 bits per heavy atom. The highest BCUT2D eigenvalue weighted by molar-refractivity contribution is 5.94. The van der Waals surface area contributed by atoms with Crippen LogP contribution in [0.15, 0.2) is 36.4 Å². The van der Waals surface area contributed by atoms with Gasteiger partial charge in [-0.15, -0.1) is 10.2 Å². The van der Waals surface area contributed by atoms with Gasteiger partial charge in [-0.05, 0) is 92.5 Å². The van der Waals surface area contributed by atoms with E-state index in [1.54, 1.807) is 29.2 Å². The van der Waals surface area contributed by atoms with E-state index in [2.05, 4.69) is 32.0 Å². The summed E-state index contributed by atoms with van der Waals surface area (Å²) >= 11 is 0. The third-order valence-corrected chi connectivity index (χ3v) is 8.24. The van der Waals surface area contributed by atoms with E-state index in [1.807, 2.05) is 26.0 Å². The summed E-state index contributed by atoms with van der Waals surface area (Å²) < 4.78 is 0. The van der Waals surface area contributed by atoms with Gasteiger partial charge in [-0.3, -0.25) is 14.4 Å². The molecule has 41 heavy (non-hydrogen) atoms. The Labute approximate surface area is 237 Å². The molecule has 1 aliphatic carbocycles. The van der Waals surface area contributed by atoms with Crippen molar-refractivity contribution in [2.24, 2.45) is 11.5 Å². The van der Waals surface area contributed by atoms with Gasteiger partial charge in [0.25, 0.3) is 0 Å². The second-order valence-electron chi connectivity index (χ2n) is 11.4. The highest BCUT2D eigenvalue weighted by atomic mass is 16.2. The molecular weight excluding hydrogens is 522 g/mol. The van der Waals surface area contributed by atoms with Gasteiger partial charge >= 0.3 is 0 Å². The summed E-state index contributed by atoms with van der Waals surface area (Å²) in [5, 5.41) is 28.3. The Kier molecular flexibility index (Phi) is 7.31. The summed E-state index contributed by atoms with van der Waals surface area (Å²) in [7, 11) is 0. The molecule has 0 bridgehead atoms. The largest absolute Gasteiger partial charge is 0.366 e. The third kappa shape index (κ3) is 5.16. The summed E-state index contributed by atoms with van der Waals surface area (Å²) in [5.41, 5.74) is 13.9. The number of amides is 3. The van der Waals surface area contributed by atoms with E-state index >= 15 is 0 Å². The fraction of sp³-hybridized carbons (Fsp3) is 0.414. The lowest BCUT2D eigenvalue weighted by Gasteiger charge is -2.41. The molecule has 3 amide bonds. The molecule has 1 aliphatic heterocycles. The maximum atomic E-state index is 13.1. The molecule has 1 atom stereocenters. The normalized spacial score (nSPS) is 17.7. The van der Waals surface area contributed by atoms with Crippen LogP contribution in [0.25, 0.3) is 0 Å². The van der Waals surface area contributed by atoms with Crippen LogP contribution in [-0.4, -0.2) is 67.9 Å². The number of rotatable bonds is 8. The molecule has 6 N–H and O–H groups in total. The number of nitrogens with zero attached hydrogens (tertiary/aromatic N) is 5. The molecule has 0 spiro atoms. The average Bonchev–Trinajstić information content (AvgIpc) is 3.64. The number of nitriles is 1. The number of fused-ring (bicyclic) bond motifs is 2. The number of carbonyl (C=O) groups excluding carboxylic acids is 3. The van der Waals surface area contributed by atoms with Crippen LogP contribution in [0, 0.1) is 11.3 Å². The first-order valence-corrected chi connectivity index (χ1v) is 13.6. The van der Waals surface area contributed by atoms with Crippen molar-refractivity contribution >= 4 is 17.7 Å². The summed E-state index contributed by atoms with van der Waals surface area (Å²) in [6.07, 6.45) is 3.02. The van der Waals surface area contributed by atoms with Crippen LogP contribution in [0.2, 0.25) is 0 Å². The Hall–Kier alpha value is -4.63. The van der Waals surface area contributed by atoms with E-state index in [4.69, 9.17) is 11.5 Å². The zero-order valence-electron chi connectivity index (χ0n) is 23.1. The number of likely N-dealkylation sites (tertiary alicyclic amines) is 1. The fourth-order valence-corrected chi connectivity index (χ4v) is 6.35. The number of hydrogen-bond donors (Lipinski definition) is 4. The average molecular weight is 556 g/mol. The standard InChI is InChI=1S/C29H33N9O3/c1-28(2,33-15-24(39)38-11-3-4-21(38)14-30)16-29(27-34-36-37-35-27)22-9-7-19(25(31)40)12-17(22)5-6-18-13-20(26(32)41)8-10-23(18)29/h7-10,12-13,21,33H,3-6,11,15-16H2,1-2H3,(H2,31,40)(H2,32,41)(H,34,35,36,37). The first kappa shape index (κ1) is 27.9. The van der Waals surface area contributed by atoms with Gasteiger partial charge in [0.1, 0.15) is 6.04 Å². The van der Waals surface area contributed by atoms with Crippen LogP contribution in [0.1, 0.15) is 81.9 Å². The zero-order chi connectivity index (χ0) is 29.4. The molecule has 1 fully saturated rings. The van der Waals surface area contributed by atoms with Gasteiger partial charge < -0.3 is 21.7 Å². The SMILES string of the molecule is CC(C)(CC1(c2nn[nH]n2)c2ccc(C(N)=O)cc2CCc2cc(C(N)=O)ccc21)NCC(=O)N1CCCC1C#N. The lowest BCUT2D eigenvalue weighted by molar-refractivity contribution is -0.130. The van der Waals surface area contributed by atoms with Gasteiger partial charge in [0.15, 0.2) is 5.82 Å². The van der Waals surface area contributed by atoms with Crippen molar-refractivity contribution in [3.05, 3.63) is 75.6 Å². The third-order valence-electron chi connectivity index (χ3n) is 8.24. The summed E-state index contributed by atoms with van der Waals surface area (Å²) in [6.45, 7) is 4.60. The second kappa shape index (κ2) is 10.7. The lowest BCUT2D eigenvalue weighted by atomic mass is 9.65. The molecule has 212 valence electrons. The minimum Gasteiger partial charge on any atom is -0.366 e. The van der Waals surface area contributed by atoms with Crippen LogP contribution < -0.4 is 16.8 Å². The number of aryl methyl sites for hydroxylation is 2. The number of tetrazole rings is 1. The summed E-state index contributed by atoms with van der Waals surface area (Å²) in [4.78, 5) is 38.9. The van der Waals surface area contributed by atoms with Crippen molar-refractivity contribution in [2.75, 3.05) is 13.1 Å². The Morgan fingerprint density at radius 1 is 1.10 bits per heavy atom. The molecule has 2 aromatic carbocycles. The molecule has 5 rings (SSSR count). The molecule has 0 saturated carbocycles. The van der Waals surface area contributed by atoms with E-state index < -0.39 is 28.8 Å². The van der Waals surface area contributed by atoms with Gasteiger partial charge in [-0.2, -0.15) is 10.5 Å². The minimum absolute atomic E-state index is 0.0500. The van der Waals surface area contributed by atoms with E-state index in [0.29, 0.717) is 49.2 Å². The van der Waals surface area contributed by atoms with Crippen LogP contribution in [0.3, 0.4) is 0 Å². The predicted molar refractivity (Wildman–Crippen MR) is 148 cm³/mol. The Bertz CT molecular complexity index is 1480. The molecule has 1 unspecified atom stereocenters. The summed E-state index contributed by atoms with van der Waals surface area (Å²) in [5.74, 6) is -0.789. The van der Waals surface area contributed by atoms with Crippen molar-refractivity contribution in [3.63, 3.8) is 0 Å². The highest BCUT2D eigenvalue weighted by Gasteiger charge is 2.48. The van der Waals surface area contributed by atoms with Crippen LogP contribution in [0.5, 0.6) is 0 Å². The van der Waals surface area contributed by atoms with Crippen LogP contribution in [-0.2, 0) is 23.1 Å². The Balaban J connectivity index is 1.62. The number of hydrogen-bond acceptors (Lipinski definition) is 8. The van der Waals surface area contributed by atoms with Crippen LogP contribution in [0.4, 0.5) is 0 Å². The zero-order valence-corrected chi connectivity index (χ0v) is 23.1. The highest BCUT2D eigenvalue weighted by Crippen LogP contribution is 2.48. The molecule has 12 nitrogen and oxygen atoms in total. The maximum Gasteiger partial charge on any atom is 0.248 e. The first-order chi connectivity index (χ1) is 19.6. The number of nitrogens with two attached hydrogens (primary N) is 2. The van der Waals surface area contributed by atoms with Crippen molar-refractivity contribution in [3.8, 4) is 6.07 Å². The molecular formula is C29H33N9O3. The van der Waals surface area contributed by atoms with E-state index in [9.17, 15) is 19.6 Å². The second-order valence-corrected chi connectivity index (χ2v) is 11.4. The molecule has 1 saturated heterocycles. The number of benzene rings is 2.